The molecule has 6 nitrogen and oxygen atoms in total. The van der Waals surface area contributed by atoms with Crippen molar-refractivity contribution < 1.29 is 22.7 Å². The molecule has 1 aliphatic rings. The highest BCUT2D eigenvalue weighted by Gasteiger charge is 2.38. The number of nitrogens with one attached hydrogen (secondary N) is 1. The normalized spacial score (nSPS) is 18.9. The summed E-state index contributed by atoms with van der Waals surface area (Å²) < 4.78 is 36.5. The van der Waals surface area contributed by atoms with Gasteiger partial charge in [-0.05, 0) is 41.3 Å². The van der Waals surface area contributed by atoms with Gasteiger partial charge < -0.3 is 9.47 Å². The third kappa shape index (κ3) is 4.45. The molecule has 4 rings (SSSR count). The number of carbonyl (C=O) groups is 1. The van der Waals surface area contributed by atoms with Crippen molar-refractivity contribution in [1.82, 2.24) is 4.72 Å². The third-order valence-electron chi connectivity index (χ3n) is 6.01. The van der Waals surface area contributed by atoms with Crippen molar-refractivity contribution in [2.75, 3.05) is 14.2 Å². The highest BCUT2D eigenvalue weighted by molar-refractivity contribution is 7.90. The van der Waals surface area contributed by atoms with Crippen LogP contribution in [-0.4, -0.2) is 28.5 Å². The second-order valence-electron chi connectivity index (χ2n) is 8.10. The van der Waals surface area contributed by atoms with E-state index in [1.165, 1.54) is 0 Å². The summed E-state index contributed by atoms with van der Waals surface area (Å²) in [6.45, 7) is 1.99. The molecule has 0 radical (unpaired) electrons. The van der Waals surface area contributed by atoms with Crippen molar-refractivity contribution in [3.05, 3.63) is 83.4 Å². The van der Waals surface area contributed by atoms with E-state index in [-0.39, 0.29) is 6.42 Å². The third-order valence-corrected chi connectivity index (χ3v) is 8.23. The summed E-state index contributed by atoms with van der Waals surface area (Å²) in [5.41, 5.74) is 4.44. The van der Waals surface area contributed by atoms with Gasteiger partial charge in [0.1, 0.15) is 16.7 Å². The van der Waals surface area contributed by atoms with Crippen molar-refractivity contribution in [3.63, 3.8) is 0 Å². The number of thiol groups is 1. The molecule has 0 aliphatic carbocycles. The fraction of sp³-hybridized carbons (Fsp3) is 0.240. The molecular formula is C25H25NO5S2. The lowest BCUT2D eigenvalue weighted by molar-refractivity contribution is -0.118. The SMILES string of the molecule is COc1ccc(-c2ccc(C(C)(S)c3ccc(C4CC(=O)NS4(=O)=O)cc3)cc2)c(OC)c1. The van der Waals surface area contributed by atoms with Crippen molar-refractivity contribution in [2.24, 2.45) is 0 Å². The molecule has 2 atom stereocenters. The topological polar surface area (TPSA) is 81.7 Å². The fourth-order valence-corrected chi connectivity index (χ4v) is 5.77. The Balaban J connectivity index is 1.60. The van der Waals surface area contributed by atoms with Gasteiger partial charge in [0.15, 0.2) is 0 Å². The van der Waals surface area contributed by atoms with E-state index in [0.717, 1.165) is 33.8 Å². The Labute approximate surface area is 199 Å². The van der Waals surface area contributed by atoms with Gasteiger partial charge in [-0.3, -0.25) is 9.52 Å². The van der Waals surface area contributed by atoms with E-state index in [2.05, 4.69) is 0 Å². The standard InChI is InChI=1S/C25H25NO5S2/c1-25(32,19-10-6-17(7-11-19)23-15-24(27)26-33(23,28)29)18-8-4-16(5-9-18)21-13-12-20(30-2)14-22(21)31-3/h4-14,23,32H,15H2,1-3H3,(H,26,27). The molecule has 3 aromatic carbocycles. The van der Waals surface area contributed by atoms with Gasteiger partial charge in [0.2, 0.25) is 15.9 Å². The average Bonchev–Trinajstić information content (AvgIpc) is 3.10. The molecule has 1 fully saturated rings. The summed E-state index contributed by atoms with van der Waals surface area (Å²) >= 11 is 4.92. The van der Waals surface area contributed by atoms with Crippen LogP contribution < -0.4 is 14.2 Å². The van der Waals surface area contributed by atoms with E-state index in [4.69, 9.17) is 22.1 Å². The minimum absolute atomic E-state index is 0.0594. The molecule has 2 unspecified atom stereocenters. The van der Waals surface area contributed by atoms with Crippen LogP contribution in [0.4, 0.5) is 0 Å². The van der Waals surface area contributed by atoms with E-state index in [0.29, 0.717) is 5.56 Å². The summed E-state index contributed by atoms with van der Waals surface area (Å²) in [5.74, 6) is 0.974. The lowest BCUT2D eigenvalue weighted by Gasteiger charge is -2.26. The predicted octanol–water partition coefficient (Wildman–Crippen LogP) is 4.45. The number of hydrogen-bond acceptors (Lipinski definition) is 6. The van der Waals surface area contributed by atoms with Gasteiger partial charge >= 0.3 is 0 Å². The van der Waals surface area contributed by atoms with Gasteiger partial charge in [-0.25, -0.2) is 8.42 Å². The fourth-order valence-electron chi connectivity index (χ4n) is 4.05. The first-order chi connectivity index (χ1) is 15.7. The zero-order valence-electron chi connectivity index (χ0n) is 18.5. The van der Waals surface area contributed by atoms with Crippen LogP contribution in [0, 0.1) is 0 Å². The number of amides is 1. The Morgan fingerprint density at radius 1 is 0.939 bits per heavy atom. The smallest absolute Gasteiger partial charge is 0.242 e. The number of hydrogen-bond donors (Lipinski definition) is 2. The Kier molecular flexibility index (Phi) is 6.16. The Morgan fingerprint density at radius 3 is 2.06 bits per heavy atom. The van der Waals surface area contributed by atoms with Gasteiger partial charge in [-0.15, -0.1) is 0 Å². The summed E-state index contributed by atoms with van der Waals surface area (Å²) in [4.78, 5) is 11.5. The van der Waals surface area contributed by atoms with Crippen LogP contribution in [0.2, 0.25) is 0 Å². The van der Waals surface area contributed by atoms with E-state index in [1.54, 1.807) is 26.4 Å². The lowest BCUT2D eigenvalue weighted by atomic mass is 9.89. The van der Waals surface area contributed by atoms with Crippen LogP contribution in [0.15, 0.2) is 66.7 Å². The first-order valence-electron chi connectivity index (χ1n) is 10.4. The molecular weight excluding hydrogens is 458 g/mol. The Bertz CT molecular complexity index is 1280. The minimum atomic E-state index is -3.67. The number of sulfonamides is 1. The molecule has 1 saturated heterocycles. The second kappa shape index (κ2) is 8.76. The molecule has 0 bridgehead atoms. The summed E-state index contributed by atoms with van der Waals surface area (Å²) in [6, 6.07) is 21.0. The molecule has 0 spiro atoms. The van der Waals surface area contributed by atoms with Crippen LogP contribution in [0.3, 0.4) is 0 Å². The summed E-state index contributed by atoms with van der Waals surface area (Å²) in [6.07, 6.45) is -0.0594. The van der Waals surface area contributed by atoms with Crippen molar-refractivity contribution in [2.45, 2.75) is 23.3 Å². The number of ether oxygens (including phenoxy) is 2. The first kappa shape index (κ1) is 23.2. The van der Waals surface area contributed by atoms with Crippen LogP contribution in [0.25, 0.3) is 11.1 Å². The minimum Gasteiger partial charge on any atom is -0.497 e. The number of carbonyl (C=O) groups excluding carboxylic acids is 1. The maximum Gasteiger partial charge on any atom is 0.242 e. The van der Waals surface area contributed by atoms with Crippen molar-refractivity contribution in [1.29, 1.82) is 0 Å². The zero-order chi connectivity index (χ0) is 23.8. The molecule has 0 aromatic heterocycles. The van der Waals surface area contributed by atoms with Crippen LogP contribution >= 0.6 is 12.6 Å². The largest absolute Gasteiger partial charge is 0.497 e. The van der Waals surface area contributed by atoms with E-state index >= 15 is 0 Å². The quantitative estimate of drug-likeness (QED) is 0.506. The van der Waals surface area contributed by atoms with E-state index in [1.807, 2.05) is 66.2 Å². The van der Waals surface area contributed by atoms with E-state index < -0.39 is 25.9 Å². The molecule has 33 heavy (non-hydrogen) atoms. The number of benzene rings is 3. The van der Waals surface area contributed by atoms with Gasteiger partial charge in [-0.1, -0.05) is 48.5 Å². The van der Waals surface area contributed by atoms with Gasteiger partial charge in [-0.2, -0.15) is 12.6 Å². The summed E-state index contributed by atoms with van der Waals surface area (Å²) in [5, 5.41) is -0.857. The maximum atomic E-state index is 12.1. The highest BCUT2D eigenvalue weighted by Crippen LogP contribution is 2.39. The molecule has 172 valence electrons. The molecule has 8 heteroatoms. The highest BCUT2D eigenvalue weighted by atomic mass is 32.2. The zero-order valence-corrected chi connectivity index (χ0v) is 20.2. The van der Waals surface area contributed by atoms with Crippen LogP contribution in [0.1, 0.15) is 35.3 Å². The summed E-state index contributed by atoms with van der Waals surface area (Å²) in [7, 11) is -0.422. The van der Waals surface area contributed by atoms with Crippen LogP contribution in [0.5, 0.6) is 11.5 Å². The van der Waals surface area contributed by atoms with E-state index in [9.17, 15) is 13.2 Å². The van der Waals surface area contributed by atoms with Gasteiger partial charge in [0.05, 0.1) is 25.4 Å². The molecule has 1 heterocycles. The maximum absolute atomic E-state index is 12.1. The number of rotatable bonds is 6. The first-order valence-corrected chi connectivity index (χ1v) is 12.4. The average molecular weight is 484 g/mol. The van der Waals surface area contributed by atoms with Crippen LogP contribution in [-0.2, 0) is 19.6 Å². The molecule has 1 N–H and O–H groups in total. The second-order valence-corrected chi connectivity index (χ2v) is 10.9. The van der Waals surface area contributed by atoms with Crippen molar-refractivity contribution >= 4 is 28.6 Å². The predicted molar refractivity (Wildman–Crippen MR) is 131 cm³/mol. The molecule has 0 saturated carbocycles. The molecule has 1 amide bonds. The lowest BCUT2D eigenvalue weighted by Crippen LogP contribution is -2.21. The van der Waals surface area contributed by atoms with Crippen molar-refractivity contribution in [3.8, 4) is 22.6 Å². The molecule has 3 aromatic rings. The monoisotopic (exact) mass is 483 g/mol. The van der Waals surface area contributed by atoms with Gasteiger partial charge in [0.25, 0.3) is 0 Å². The number of methoxy groups -OCH3 is 2. The van der Waals surface area contributed by atoms with Gasteiger partial charge in [0, 0.05) is 11.6 Å². The Morgan fingerprint density at radius 2 is 1.55 bits per heavy atom. The Hall–Kier alpha value is -2.97. The molecule has 1 aliphatic heterocycles.